The van der Waals surface area contributed by atoms with E-state index in [1.807, 2.05) is 0 Å². The molecular weight excluding hydrogens is 339 g/mol. The third kappa shape index (κ3) is 4.02. The molecule has 2 aromatic rings. The lowest BCUT2D eigenvalue weighted by Gasteiger charge is -1.98. The van der Waals surface area contributed by atoms with Crippen molar-refractivity contribution in [3.63, 3.8) is 0 Å². The number of nitrogens with zero attached hydrogens (tertiary/aromatic N) is 2. The number of carbonyl (C=O) groups is 1. The average molecular weight is 348 g/mol. The van der Waals surface area contributed by atoms with E-state index in [-0.39, 0.29) is 18.4 Å². The van der Waals surface area contributed by atoms with Gasteiger partial charge in [0.05, 0.1) is 0 Å². The maximum absolute atomic E-state index is 10.3. The van der Waals surface area contributed by atoms with Gasteiger partial charge in [-0.3, -0.25) is 0 Å². The molecule has 1 aromatic carbocycles. The molecule has 1 aromatic heterocycles. The van der Waals surface area contributed by atoms with E-state index in [9.17, 15) is 4.79 Å². The summed E-state index contributed by atoms with van der Waals surface area (Å²) in [4.78, 5) is 10.3. The maximum atomic E-state index is 10.3. The second-order valence-electron chi connectivity index (χ2n) is 3.55. The van der Waals surface area contributed by atoms with E-state index in [4.69, 9.17) is 25.9 Å². The molecule has 0 saturated heterocycles. The topological polar surface area (TPSA) is 85.5 Å². The van der Waals surface area contributed by atoms with Crippen molar-refractivity contribution in [3.8, 4) is 11.5 Å². The Morgan fingerprint density at radius 1 is 1.42 bits per heavy atom. The predicted molar refractivity (Wildman–Crippen MR) is 69.7 cm³/mol. The number of ether oxygens (including phenoxy) is 1. The van der Waals surface area contributed by atoms with Crippen molar-refractivity contribution in [1.82, 2.24) is 10.2 Å². The van der Waals surface area contributed by atoms with Gasteiger partial charge in [-0.1, -0.05) is 27.5 Å². The molecule has 1 heterocycles. The summed E-state index contributed by atoms with van der Waals surface area (Å²) in [7, 11) is 0. The monoisotopic (exact) mass is 346 g/mol. The summed E-state index contributed by atoms with van der Waals surface area (Å²) >= 11 is 9.23. The van der Waals surface area contributed by atoms with E-state index in [1.54, 1.807) is 18.2 Å². The van der Waals surface area contributed by atoms with Gasteiger partial charge in [-0.15, -0.1) is 10.2 Å². The first kappa shape index (κ1) is 14.0. The summed E-state index contributed by atoms with van der Waals surface area (Å²) < 4.78 is 11.0. The first-order chi connectivity index (χ1) is 9.04. The Labute approximate surface area is 121 Å². The SMILES string of the molecule is O=C(O)COCc1nnc(-c2cc(Cl)cc(Br)c2)o1. The van der Waals surface area contributed by atoms with Crippen LogP contribution >= 0.6 is 27.5 Å². The molecule has 8 heteroatoms. The Balaban J connectivity index is 2.09. The van der Waals surface area contributed by atoms with Crippen molar-refractivity contribution in [2.24, 2.45) is 0 Å². The number of benzene rings is 1. The number of carboxylic acids is 1. The predicted octanol–water partition coefficient (Wildman–Crippen LogP) is 2.75. The quantitative estimate of drug-likeness (QED) is 0.895. The number of hydrogen-bond acceptors (Lipinski definition) is 5. The van der Waals surface area contributed by atoms with E-state index in [0.29, 0.717) is 10.6 Å². The molecule has 100 valence electrons. The summed E-state index contributed by atoms with van der Waals surface area (Å²) in [6, 6.07) is 5.20. The van der Waals surface area contributed by atoms with Crippen LogP contribution in [0.4, 0.5) is 0 Å². The molecule has 0 saturated carbocycles. The number of carboxylic acid groups (broad SMARTS) is 1. The molecule has 0 radical (unpaired) electrons. The van der Waals surface area contributed by atoms with Crippen molar-refractivity contribution in [2.45, 2.75) is 6.61 Å². The highest BCUT2D eigenvalue weighted by atomic mass is 79.9. The molecule has 0 unspecified atom stereocenters. The van der Waals surface area contributed by atoms with Crippen LogP contribution in [0.2, 0.25) is 5.02 Å². The third-order valence-corrected chi connectivity index (χ3v) is 2.70. The number of halogens is 2. The molecule has 0 aliphatic heterocycles. The first-order valence-electron chi connectivity index (χ1n) is 5.13. The molecule has 1 N–H and O–H groups in total. The van der Waals surface area contributed by atoms with Crippen LogP contribution in [0.25, 0.3) is 11.5 Å². The Morgan fingerprint density at radius 2 is 2.21 bits per heavy atom. The van der Waals surface area contributed by atoms with Gasteiger partial charge in [0, 0.05) is 15.1 Å². The largest absolute Gasteiger partial charge is 0.480 e. The minimum absolute atomic E-state index is 0.0545. The molecule has 0 aliphatic rings. The lowest BCUT2D eigenvalue weighted by atomic mass is 10.2. The molecule has 0 fully saturated rings. The average Bonchev–Trinajstić information content (AvgIpc) is 2.76. The fourth-order valence-corrected chi connectivity index (χ4v) is 2.19. The second-order valence-corrected chi connectivity index (χ2v) is 4.90. The zero-order chi connectivity index (χ0) is 13.8. The molecular formula is C11H8BrClN2O4. The minimum Gasteiger partial charge on any atom is -0.480 e. The van der Waals surface area contributed by atoms with Gasteiger partial charge in [0.15, 0.2) is 0 Å². The van der Waals surface area contributed by atoms with Crippen LogP contribution in [0, 0.1) is 0 Å². The van der Waals surface area contributed by atoms with E-state index in [2.05, 4.69) is 26.1 Å². The van der Waals surface area contributed by atoms with Gasteiger partial charge in [-0.25, -0.2) is 4.79 Å². The molecule has 2 rings (SSSR count). The smallest absolute Gasteiger partial charge is 0.329 e. The van der Waals surface area contributed by atoms with E-state index in [0.717, 1.165) is 4.47 Å². The molecule has 6 nitrogen and oxygen atoms in total. The van der Waals surface area contributed by atoms with Crippen LogP contribution < -0.4 is 0 Å². The molecule has 19 heavy (non-hydrogen) atoms. The highest BCUT2D eigenvalue weighted by Crippen LogP contribution is 2.26. The van der Waals surface area contributed by atoms with E-state index >= 15 is 0 Å². The van der Waals surface area contributed by atoms with Crippen molar-refractivity contribution in [2.75, 3.05) is 6.61 Å². The molecule has 0 amide bonds. The van der Waals surface area contributed by atoms with Crippen molar-refractivity contribution >= 4 is 33.5 Å². The summed E-state index contributed by atoms with van der Waals surface area (Å²) in [5.41, 5.74) is 0.663. The second kappa shape index (κ2) is 6.14. The van der Waals surface area contributed by atoms with Crippen LogP contribution in [-0.4, -0.2) is 27.9 Å². The molecule has 0 aliphatic carbocycles. The minimum atomic E-state index is -1.06. The van der Waals surface area contributed by atoms with Gasteiger partial charge in [0.1, 0.15) is 13.2 Å². The lowest BCUT2D eigenvalue weighted by Crippen LogP contribution is -2.06. The third-order valence-electron chi connectivity index (χ3n) is 2.03. The molecule has 0 atom stereocenters. The van der Waals surface area contributed by atoms with Gasteiger partial charge in [0.25, 0.3) is 0 Å². The van der Waals surface area contributed by atoms with E-state index < -0.39 is 12.6 Å². The number of aromatic nitrogens is 2. The highest BCUT2D eigenvalue weighted by Gasteiger charge is 2.10. The first-order valence-corrected chi connectivity index (χ1v) is 6.30. The van der Waals surface area contributed by atoms with Crippen LogP contribution in [-0.2, 0) is 16.1 Å². The van der Waals surface area contributed by atoms with Crippen LogP contribution in [0.5, 0.6) is 0 Å². The van der Waals surface area contributed by atoms with Crippen LogP contribution in [0.3, 0.4) is 0 Å². The van der Waals surface area contributed by atoms with Crippen molar-refractivity contribution in [3.05, 3.63) is 33.6 Å². The lowest BCUT2D eigenvalue weighted by molar-refractivity contribution is -0.142. The van der Waals surface area contributed by atoms with Gasteiger partial charge < -0.3 is 14.3 Å². The number of hydrogen-bond donors (Lipinski definition) is 1. The van der Waals surface area contributed by atoms with E-state index in [1.165, 1.54) is 0 Å². The van der Waals surface area contributed by atoms with Crippen LogP contribution in [0.15, 0.2) is 27.1 Å². The zero-order valence-corrected chi connectivity index (χ0v) is 11.8. The van der Waals surface area contributed by atoms with Gasteiger partial charge in [-0.05, 0) is 18.2 Å². The fourth-order valence-electron chi connectivity index (χ4n) is 1.33. The summed E-state index contributed by atoms with van der Waals surface area (Å²) in [5, 5.41) is 16.6. The summed E-state index contributed by atoms with van der Waals surface area (Å²) in [6.45, 7) is -0.471. The van der Waals surface area contributed by atoms with Crippen molar-refractivity contribution in [1.29, 1.82) is 0 Å². The summed E-state index contributed by atoms with van der Waals surface area (Å²) in [5.74, 6) is -0.567. The number of rotatable bonds is 5. The molecule has 0 bridgehead atoms. The Kier molecular flexibility index (Phi) is 4.52. The zero-order valence-electron chi connectivity index (χ0n) is 9.47. The Morgan fingerprint density at radius 3 is 2.89 bits per heavy atom. The molecule has 0 spiro atoms. The highest BCUT2D eigenvalue weighted by molar-refractivity contribution is 9.10. The van der Waals surface area contributed by atoms with Gasteiger partial charge in [-0.2, -0.15) is 0 Å². The Hall–Kier alpha value is -1.44. The fraction of sp³-hybridized carbons (Fsp3) is 0.182. The van der Waals surface area contributed by atoms with Crippen molar-refractivity contribution < 1.29 is 19.1 Å². The Bertz CT molecular complexity index is 582. The number of aliphatic carboxylic acids is 1. The maximum Gasteiger partial charge on any atom is 0.329 e. The van der Waals surface area contributed by atoms with Crippen LogP contribution in [0.1, 0.15) is 5.89 Å². The van der Waals surface area contributed by atoms with Gasteiger partial charge in [0.2, 0.25) is 11.8 Å². The normalized spacial score (nSPS) is 10.6. The standard InChI is InChI=1S/C11H8BrClN2O4/c12-7-1-6(2-8(13)3-7)11-15-14-9(19-11)4-18-5-10(16)17/h1-3H,4-5H2,(H,16,17). The summed E-state index contributed by atoms with van der Waals surface area (Å²) in [6.07, 6.45) is 0. The van der Waals surface area contributed by atoms with Gasteiger partial charge >= 0.3 is 5.97 Å².